The van der Waals surface area contributed by atoms with E-state index in [1.165, 1.54) is 12.3 Å². The predicted molar refractivity (Wildman–Crippen MR) is 95.7 cm³/mol. The van der Waals surface area contributed by atoms with Gasteiger partial charge in [-0.2, -0.15) is 13.2 Å². The Morgan fingerprint density at radius 1 is 1.23 bits per heavy atom. The minimum atomic E-state index is -4.53. The fourth-order valence-corrected chi connectivity index (χ4v) is 2.21. The molecule has 1 amide bonds. The first-order chi connectivity index (χ1) is 12.2. The predicted octanol–water partition coefficient (Wildman–Crippen LogP) is 3.98. The van der Waals surface area contributed by atoms with Gasteiger partial charge < -0.3 is 15.5 Å². The molecule has 0 saturated carbocycles. The zero-order valence-electron chi connectivity index (χ0n) is 14.2. The Kier molecular flexibility index (Phi) is 6.44. The zero-order valence-corrected chi connectivity index (χ0v) is 14.9. The van der Waals surface area contributed by atoms with Crippen LogP contribution in [0.25, 0.3) is 0 Å². The topological polar surface area (TPSA) is 57.3 Å². The van der Waals surface area contributed by atoms with E-state index in [1.54, 1.807) is 6.07 Å². The van der Waals surface area contributed by atoms with E-state index < -0.39 is 17.6 Å². The Bertz CT molecular complexity index is 764. The number of halogens is 4. The minimum Gasteiger partial charge on any atom is -0.383 e. The number of anilines is 2. The van der Waals surface area contributed by atoms with Gasteiger partial charge in [0, 0.05) is 13.1 Å². The summed E-state index contributed by atoms with van der Waals surface area (Å²) in [5, 5.41) is 5.51. The smallest absolute Gasteiger partial charge is 0.383 e. The number of nitrogens with one attached hydrogen (secondary N) is 2. The molecule has 0 fully saturated rings. The minimum absolute atomic E-state index is 0.00771. The highest BCUT2D eigenvalue weighted by atomic mass is 35.5. The number of carbonyl (C=O) groups excluding carboxylic acids is 1. The molecule has 0 aliphatic carbocycles. The number of alkyl halides is 3. The van der Waals surface area contributed by atoms with Gasteiger partial charge in [-0.05, 0) is 44.4 Å². The lowest BCUT2D eigenvalue weighted by atomic mass is 10.2. The highest BCUT2D eigenvalue weighted by molar-refractivity contribution is 6.33. The Hall–Kier alpha value is -2.32. The molecule has 0 spiro atoms. The van der Waals surface area contributed by atoms with Crippen LogP contribution in [0.15, 0.2) is 36.5 Å². The van der Waals surface area contributed by atoms with E-state index in [1.807, 2.05) is 19.0 Å². The van der Waals surface area contributed by atoms with Crippen molar-refractivity contribution in [2.24, 2.45) is 0 Å². The van der Waals surface area contributed by atoms with Gasteiger partial charge in [0.25, 0.3) is 5.91 Å². The number of hydrogen-bond donors (Lipinski definition) is 2. The molecular formula is C17H18ClF3N4O. The molecular weight excluding hydrogens is 369 g/mol. The molecule has 1 aromatic heterocycles. The summed E-state index contributed by atoms with van der Waals surface area (Å²) >= 11 is 5.87. The van der Waals surface area contributed by atoms with Crippen molar-refractivity contribution in [3.63, 3.8) is 0 Å². The lowest BCUT2D eigenvalue weighted by Gasteiger charge is -2.12. The standard InChI is InChI=1S/C17H18ClF3N4O/c1-25(2)8-7-22-12-4-6-14(23-10-12)16(26)24-15-9-11(17(19,20)21)3-5-13(15)18/h3-6,9-10,22H,7-8H2,1-2H3,(H,24,26). The first kappa shape index (κ1) is 20.0. The Morgan fingerprint density at radius 2 is 1.96 bits per heavy atom. The number of rotatable bonds is 6. The summed E-state index contributed by atoms with van der Waals surface area (Å²) in [4.78, 5) is 18.2. The lowest BCUT2D eigenvalue weighted by molar-refractivity contribution is -0.137. The first-order valence-electron chi connectivity index (χ1n) is 7.69. The number of benzene rings is 1. The van der Waals surface area contributed by atoms with E-state index in [-0.39, 0.29) is 16.4 Å². The summed E-state index contributed by atoms with van der Waals surface area (Å²) in [6.07, 6.45) is -3.04. The average Bonchev–Trinajstić information content (AvgIpc) is 2.56. The second-order valence-electron chi connectivity index (χ2n) is 5.81. The molecule has 0 aliphatic rings. The molecule has 140 valence electrons. The van der Waals surface area contributed by atoms with Crippen molar-refractivity contribution in [2.45, 2.75) is 6.18 Å². The fraction of sp³-hybridized carbons (Fsp3) is 0.294. The number of carbonyl (C=O) groups is 1. The Balaban J connectivity index is 2.06. The monoisotopic (exact) mass is 386 g/mol. The lowest BCUT2D eigenvalue weighted by Crippen LogP contribution is -2.21. The summed E-state index contributed by atoms with van der Waals surface area (Å²) in [5.74, 6) is -0.647. The molecule has 1 heterocycles. The number of hydrogen-bond acceptors (Lipinski definition) is 4. The highest BCUT2D eigenvalue weighted by Gasteiger charge is 2.31. The maximum atomic E-state index is 12.8. The van der Waals surface area contributed by atoms with Crippen molar-refractivity contribution in [2.75, 3.05) is 37.8 Å². The van der Waals surface area contributed by atoms with Gasteiger partial charge in [0.2, 0.25) is 0 Å². The van der Waals surface area contributed by atoms with Crippen molar-refractivity contribution < 1.29 is 18.0 Å². The van der Waals surface area contributed by atoms with Crippen LogP contribution in [0.3, 0.4) is 0 Å². The van der Waals surface area contributed by atoms with E-state index in [9.17, 15) is 18.0 Å². The van der Waals surface area contributed by atoms with Crippen LogP contribution in [0.2, 0.25) is 5.02 Å². The van der Waals surface area contributed by atoms with E-state index >= 15 is 0 Å². The number of nitrogens with zero attached hydrogens (tertiary/aromatic N) is 2. The maximum Gasteiger partial charge on any atom is 0.416 e. The van der Waals surface area contributed by atoms with Gasteiger partial charge in [-0.15, -0.1) is 0 Å². The molecule has 2 N–H and O–H groups in total. The molecule has 0 radical (unpaired) electrons. The van der Waals surface area contributed by atoms with Crippen LogP contribution in [0.5, 0.6) is 0 Å². The Labute approximate surface area is 154 Å². The van der Waals surface area contributed by atoms with Crippen molar-refractivity contribution in [3.8, 4) is 0 Å². The van der Waals surface area contributed by atoms with Crippen LogP contribution in [0.4, 0.5) is 24.5 Å². The molecule has 1 aromatic carbocycles. The van der Waals surface area contributed by atoms with Crippen molar-refractivity contribution in [1.29, 1.82) is 0 Å². The molecule has 2 rings (SSSR count). The van der Waals surface area contributed by atoms with Crippen LogP contribution in [0, 0.1) is 0 Å². The second-order valence-corrected chi connectivity index (χ2v) is 6.22. The molecule has 2 aromatic rings. The van der Waals surface area contributed by atoms with Crippen molar-refractivity contribution in [3.05, 3.63) is 52.8 Å². The fourth-order valence-electron chi connectivity index (χ4n) is 2.04. The molecule has 5 nitrogen and oxygen atoms in total. The van der Waals surface area contributed by atoms with Gasteiger partial charge >= 0.3 is 6.18 Å². The van der Waals surface area contributed by atoms with E-state index in [4.69, 9.17) is 11.6 Å². The largest absolute Gasteiger partial charge is 0.416 e. The summed E-state index contributed by atoms with van der Waals surface area (Å²) in [6.45, 7) is 1.54. The maximum absolute atomic E-state index is 12.8. The van der Waals surface area contributed by atoms with Crippen LogP contribution in [0.1, 0.15) is 16.1 Å². The second kappa shape index (κ2) is 8.37. The molecule has 0 unspecified atom stereocenters. The van der Waals surface area contributed by atoms with E-state index in [2.05, 4.69) is 15.6 Å². The third-order valence-corrected chi connectivity index (χ3v) is 3.76. The zero-order chi connectivity index (χ0) is 19.3. The number of amides is 1. The van der Waals surface area contributed by atoms with Gasteiger partial charge in [-0.1, -0.05) is 11.6 Å². The van der Waals surface area contributed by atoms with Crippen LogP contribution >= 0.6 is 11.6 Å². The number of likely N-dealkylation sites (N-methyl/N-ethyl adjacent to an activating group) is 1. The van der Waals surface area contributed by atoms with Gasteiger partial charge in [0.15, 0.2) is 0 Å². The normalized spacial score (nSPS) is 11.5. The van der Waals surface area contributed by atoms with Crippen molar-refractivity contribution in [1.82, 2.24) is 9.88 Å². The van der Waals surface area contributed by atoms with Crippen LogP contribution in [-0.4, -0.2) is 43.0 Å². The number of pyridine rings is 1. The molecule has 0 saturated heterocycles. The van der Waals surface area contributed by atoms with Crippen LogP contribution < -0.4 is 10.6 Å². The average molecular weight is 387 g/mol. The summed E-state index contributed by atoms with van der Waals surface area (Å²) < 4.78 is 38.3. The summed E-state index contributed by atoms with van der Waals surface area (Å²) in [7, 11) is 3.90. The quantitative estimate of drug-likeness (QED) is 0.788. The SMILES string of the molecule is CN(C)CCNc1ccc(C(=O)Nc2cc(C(F)(F)F)ccc2Cl)nc1. The molecule has 9 heteroatoms. The first-order valence-corrected chi connectivity index (χ1v) is 8.07. The van der Waals surface area contributed by atoms with Gasteiger partial charge in [0.1, 0.15) is 5.69 Å². The third-order valence-electron chi connectivity index (χ3n) is 3.43. The molecule has 26 heavy (non-hydrogen) atoms. The summed E-state index contributed by atoms with van der Waals surface area (Å²) in [6, 6.07) is 5.88. The molecule has 0 atom stereocenters. The van der Waals surface area contributed by atoms with Crippen molar-refractivity contribution >= 4 is 28.9 Å². The Morgan fingerprint density at radius 3 is 2.54 bits per heavy atom. The summed E-state index contributed by atoms with van der Waals surface area (Å²) in [5.41, 5.74) is -0.218. The molecule has 0 aliphatic heterocycles. The molecule has 0 bridgehead atoms. The van der Waals surface area contributed by atoms with Crippen LogP contribution in [-0.2, 0) is 6.18 Å². The number of aromatic nitrogens is 1. The highest BCUT2D eigenvalue weighted by Crippen LogP contribution is 2.33. The van der Waals surface area contributed by atoms with E-state index in [0.717, 1.165) is 30.4 Å². The van der Waals surface area contributed by atoms with E-state index in [0.29, 0.717) is 6.54 Å². The third kappa shape index (κ3) is 5.60. The van der Waals surface area contributed by atoms with Gasteiger partial charge in [-0.3, -0.25) is 4.79 Å². The van der Waals surface area contributed by atoms with Gasteiger partial charge in [0.05, 0.1) is 28.2 Å². The van der Waals surface area contributed by atoms with Gasteiger partial charge in [-0.25, -0.2) is 4.98 Å².